The third-order valence-electron chi connectivity index (χ3n) is 3.41. The van der Waals surface area contributed by atoms with Gasteiger partial charge in [-0.05, 0) is 32.9 Å². The molecule has 1 aromatic rings. The van der Waals surface area contributed by atoms with Gasteiger partial charge >= 0.3 is 0 Å². The average Bonchev–Trinajstić information content (AvgIpc) is 2.46. The molecule has 0 saturated carbocycles. The molecule has 22 heavy (non-hydrogen) atoms. The van der Waals surface area contributed by atoms with Gasteiger partial charge in [0.1, 0.15) is 0 Å². The molecule has 0 bridgehead atoms. The summed E-state index contributed by atoms with van der Waals surface area (Å²) in [5, 5.41) is 3.15. The van der Waals surface area contributed by atoms with Gasteiger partial charge in [-0.1, -0.05) is 42.5 Å². The Morgan fingerprint density at radius 2 is 2.00 bits per heavy atom. The number of guanidine groups is 1. The number of rotatable bonds is 8. The zero-order valence-electron chi connectivity index (χ0n) is 13.9. The minimum atomic E-state index is 0. The first kappa shape index (κ1) is 20.9. The van der Waals surface area contributed by atoms with Crippen molar-refractivity contribution >= 4 is 29.9 Å². The first-order valence-corrected chi connectivity index (χ1v) is 7.41. The Morgan fingerprint density at radius 3 is 2.59 bits per heavy atom. The van der Waals surface area contributed by atoms with E-state index in [0.29, 0.717) is 18.5 Å². The molecule has 0 aromatic heterocycles. The van der Waals surface area contributed by atoms with Gasteiger partial charge in [-0.3, -0.25) is 4.90 Å². The second kappa shape index (κ2) is 11.5. The van der Waals surface area contributed by atoms with Crippen LogP contribution in [0.15, 0.2) is 47.5 Å². The van der Waals surface area contributed by atoms with Crippen molar-refractivity contribution in [3.8, 4) is 0 Å². The van der Waals surface area contributed by atoms with Crippen molar-refractivity contribution in [1.29, 1.82) is 0 Å². The quantitative estimate of drug-likeness (QED) is 0.297. The molecule has 0 fully saturated rings. The molecule has 0 spiro atoms. The molecule has 0 aliphatic carbocycles. The zero-order chi connectivity index (χ0) is 15.7. The van der Waals surface area contributed by atoms with Crippen LogP contribution in [0.5, 0.6) is 0 Å². The van der Waals surface area contributed by atoms with E-state index in [1.807, 2.05) is 13.0 Å². The van der Waals surface area contributed by atoms with Crippen molar-refractivity contribution in [2.24, 2.45) is 10.7 Å². The van der Waals surface area contributed by atoms with Crippen molar-refractivity contribution in [1.82, 2.24) is 10.2 Å². The summed E-state index contributed by atoms with van der Waals surface area (Å²) in [6.07, 6.45) is 1.02. The highest BCUT2D eigenvalue weighted by atomic mass is 127. The lowest BCUT2D eigenvalue weighted by atomic mass is 10.1. The van der Waals surface area contributed by atoms with Crippen LogP contribution in [0.3, 0.4) is 0 Å². The molecule has 1 unspecified atom stereocenters. The summed E-state index contributed by atoms with van der Waals surface area (Å²) in [4.78, 5) is 6.55. The topological polar surface area (TPSA) is 53.6 Å². The van der Waals surface area contributed by atoms with Gasteiger partial charge < -0.3 is 11.1 Å². The van der Waals surface area contributed by atoms with Crippen LogP contribution < -0.4 is 11.1 Å². The fraction of sp³-hybridized carbons (Fsp3) is 0.471. The van der Waals surface area contributed by atoms with Crippen molar-refractivity contribution < 1.29 is 0 Å². The van der Waals surface area contributed by atoms with E-state index in [-0.39, 0.29) is 24.0 Å². The number of nitrogens with zero attached hydrogens (tertiary/aromatic N) is 2. The third-order valence-corrected chi connectivity index (χ3v) is 3.41. The number of benzene rings is 1. The van der Waals surface area contributed by atoms with Gasteiger partial charge in [0.15, 0.2) is 5.96 Å². The van der Waals surface area contributed by atoms with Gasteiger partial charge in [-0.25, -0.2) is 4.99 Å². The van der Waals surface area contributed by atoms with Gasteiger partial charge in [0.2, 0.25) is 0 Å². The normalized spacial score (nSPS) is 12.6. The molecule has 0 aliphatic rings. The van der Waals surface area contributed by atoms with E-state index in [2.05, 4.69) is 60.0 Å². The number of hydrogen-bond donors (Lipinski definition) is 2. The summed E-state index contributed by atoms with van der Waals surface area (Å²) in [7, 11) is 2.15. The predicted octanol–water partition coefficient (Wildman–Crippen LogP) is 3.00. The minimum Gasteiger partial charge on any atom is -0.370 e. The Kier molecular flexibility index (Phi) is 10.9. The predicted molar refractivity (Wildman–Crippen MR) is 107 cm³/mol. The smallest absolute Gasteiger partial charge is 0.188 e. The number of nitrogens with one attached hydrogen (secondary N) is 1. The standard InChI is InChI=1S/C17H28N4.HI/c1-14(2)12-20-17(18)19-11-10-15(3)21(4)13-16-8-6-5-7-9-16;/h5-9,15H,1,10-13H2,2-4H3,(H3,18,19,20);1H. The highest BCUT2D eigenvalue weighted by Crippen LogP contribution is 2.07. The molecule has 0 saturated heterocycles. The number of nitrogens with two attached hydrogens (primary N) is 1. The fourth-order valence-corrected chi connectivity index (χ4v) is 1.93. The molecule has 1 atom stereocenters. The summed E-state index contributed by atoms with van der Waals surface area (Å²) in [6.45, 7) is 10.3. The van der Waals surface area contributed by atoms with Crippen LogP contribution >= 0.6 is 24.0 Å². The molecule has 0 heterocycles. The summed E-state index contributed by atoms with van der Waals surface area (Å²) in [5.74, 6) is 0.496. The fourth-order valence-electron chi connectivity index (χ4n) is 1.93. The lowest BCUT2D eigenvalue weighted by molar-refractivity contribution is 0.239. The summed E-state index contributed by atoms with van der Waals surface area (Å²) >= 11 is 0. The number of halogens is 1. The van der Waals surface area contributed by atoms with Crippen molar-refractivity contribution in [3.05, 3.63) is 48.0 Å². The molecule has 5 heteroatoms. The Balaban J connectivity index is 0.00000441. The largest absolute Gasteiger partial charge is 0.370 e. The SMILES string of the molecule is C=C(C)CN=C(N)NCCC(C)N(C)Cc1ccccc1.I. The molecule has 124 valence electrons. The summed E-state index contributed by atoms with van der Waals surface area (Å²) in [6, 6.07) is 11.0. The van der Waals surface area contributed by atoms with E-state index in [1.54, 1.807) is 0 Å². The van der Waals surface area contributed by atoms with Gasteiger partial charge in [0, 0.05) is 19.1 Å². The third kappa shape index (κ3) is 9.04. The number of aliphatic imine (C=N–C) groups is 1. The Bertz CT molecular complexity index is 459. The second-order valence-electron chi connectivity index (χ2n) is 5.62. The Labute approximate surface area is 151 Å². The van der Waals surface area contributed by atoms with Crippen LogP contribution in [0.2, 0.25) is 0 Å². The van der Waals surface area contributed by atoms with Crippen LogP contribution in [0.1, 0.15) is 25.8 Å². The van der Waals surface area contributed by atoms with Crippen LogP contribution in [0.25, 0.3) is 0 Å². The van der Waals surface area contributed by atoms with Crippen molar-refractivity contribution in [3.63, 3.8) is 0 Å². The Hall–Kier alpha value is -1.08. The van der Waals surface area contributed by atoms with Gasteiger partial charge in [0.25, 0.3) is 0 Å². The van der Waals surface area contributed by atoms with Crippen molar-refractivity contribution in [2.75, 3.05) is 20.1 Å². The lowest BCUT2D eigenvalue weighted by Gasteiger charge is -2.25. The van der Waals surface area contributed by atoms with E-state index < -0.39 is 0 Å². The molecule has 0 amide bonds. The first-order chi connectivity index (χ1) is 9.99. The highest BCUT2D eigenvalue weighted by Gasteiger charge is 2.09. The number of hydrogen-bond acceptors (Lipinski definition) is 2. The maximum atomic E-state index is 5.79. The maximum Gasteiger partial charge on any atom is 0.188 e. The van der Waals surface area contributed by atoms with Crippen LogP contribution in [-0.4, -0.2) is 37.0 Å². The monoisotopic (exact) mass is 416 g/mol. The average molecular weight is 416 g/mol. The summed E-state index contributed by atoms with van der Waals surface area (Å²) < 4.78 is 0. The van der Waals surface area contributed by atoms with E-state index >= 15 is 0 Å². The summed E-state index contributed by atoms with van der Waals surface area (Å²) in [5.41, 5.74) is 8.14. The Morgan fingerprint density at radius 1 is 1.36 bits per heavy atom. The van der Waals surface area contributed by atoms with Gasteiger partial charge in [-0.2, -0.15) is 0 Å². The van der Waals surface area contributed by atoms with Crippen LogP contribution in [0, 0.1) is 0 Å². The molecule has 4 nitrogen and oxygen atoms in total. The molecule has 1 rings (SSSR count). The molecule has 3 N–H and O–H groups in total. The zero-order valence-corrected chi connectivity index (χ0v) is 16.2. The van der Waals surface area contributed by atoms with Crippen LogP contribution in [-0.2, 0) is 6.54 Å². The molecular weight excluding hydrogens is 387 g/mol. The minimum absolute atomic E-state index is 0. The molecule has 1 aromatic carbocycles. The van der Waals surface area contributed by atoms with Gasteiger partial charge in [-0.15, -0.1) is 24.0 Å². The molecule has 0 aliphatic heterocycles. The first-order valence-electron chi connectivity index (χ1n) is 7.41. The van der Waals surface area contributed by atoms with E-state index in [0.717, 1.165) is 25.1 Å². The highest BCUT2D eigenvalue weighted by molar-refractivity contribution is 14.0. The van der Waals surface area contributed by atoms with E-state index in [9.17, 15) is 0 Å². The van der Waals surface area contributed by atoms with E-state index in [4.69, 9.17) is 5.73 Å². The molecule has 0 radical (unpaired) electrons. The maximum absolute atomic E-state index is 5.79. The molecular formula is C17H29IN4. The van der Waals surface area contributed by atoms with Crippen molar-refractivity contribution in [2.45, 2.75) is 32.9 Å². The van der Waals surface area contributed by atoms with E-state index in [1.165, 1.54) is 5.56 Å². The lowest BCUT2D eigenvalue weighted by Crippen LogP contribution is -2.37. The van der Waals surface area contributed by atoms with Crippen LogP contribution in [0.4, 0.5) is 0 Å². The second-order valence-corrected chi connectivity index (χ2v) is 5.62. The van der Waals surface area contributed by atoms with Gasteiger partial charge in [0.05, 0.1) is 6.54 Å².